The molecule has 158 valence electrons. The highest BCUT2D eigenvalue weighted by Crippen LogP contribution is 2.30. The predicted molar refractivity (Wildman–Crippen MR) is 124 cm³/mol. The van der Waals surface area contributed by atoms with Gasteiger partial charge >= 0.3 is 0 Å². The number of nitrogens with zero attached hydrogens (tertiary/aromatic N) is 5. The van der Waals surface area contributed by atoms with E-state index >= 15 is 0 Å². The Morgan fingerprint density at radius 3 is 2.74 bits per heavy atom. The molecule has 1 saturated heterocycles. The molecule has 0 spiro atoms. The van der Waals surface area contributed by atoms with E-state index in [1.54, 1.807) is 7.11 Å². The number of nitrogens with one attached hydrogen (secondary N) is 1. The van der Waals surface area contributed by atoms with Crippen LogP contribution in [0.15, 0.2) is 60.8 Å². The first-order valence-corrected chi connectivity index (χ1v) is 10.7. The third kappa shape index (κ3) is 3.91. The van der Waals surface area contributed by atoms with Crippen molar-refractivity contribution in [1.29, 1.82) is 0 Å². The number of rotatable bonds is 5. The fourth-order valence-corrected chi connectivity index (χ4v) is 4.10. The van der Waals surface area contributed by atoms with Crippen LogP contribution >= 0.6 is 0 Å². The zero-order valence-corrected chi connectivity index (χ0v) is 17.8. The summed E-state index contributed by atoms with van der Waals surface area (Å²) in [7, 11) is 1.67. The van der Waals surface area contributed by atoms with Crippen molar-refractivity contribution >= 4 is 28.5 Å². The number of anilines is 3. The van der Waals surface area contributed by atoms with E-state index in [0.717, 1.165) is 59.4 Å². The van der Waals surface area contributed by atoms with E-state index in [-0.39, 0.29) is 0 Å². The molecule has 7 nitrogen and oxygen atoms in total. The number of fused-ring (bicyclic) bond motifs is 1. The molecular weight excluding hydrogens is 388 g/mol. The molecule has 1 aliphatic heterocycles. The first-order valence-electron chi connectivity index (χ1n) is 10.7. The first kappa shape index (κ1) is 19.4. The fourth-order valence-electron chi connectivity index (χ4n) is 4.10. The Morgan fingerprint density at radius 1 is 1.06 bits per heavy atom. The van der Waals surface area contributed by atoms with Crippen LogP contribution in [0.4, 0.5) is 17.5 Å². The molecule has 0 saturated carbocycles. The van der Waals surface area contributed by atoms with Crippen LogP contribution in [0, 0.1) is 5.92 Å². The molecule has 0 radical (unpaired) electrons. The summed E-state index contributed by atoms with van der Waals surface area (Å²) in [5.41, 5.74) is 2.67. The van der Waals surface area contributed by atoms with Gasteiger partial charge in [0.1, 0.15) is 11.6 Å². The van der Waals surface area contributed by atoms with Crippen molar-refractivity contribution in [2.24, 2.45) is 5.92 Å². The molecule has 0 bridgehead atoms. The molecule has 0 aliphatic carbocycles. The van der Waals surface area contributed by atoms with E-state index in [1.807, 2.05) is 65.5 Å². The Hall–Kier alpha value is -3.61. The minimum atomic E-state index is 0.627. The molecule has 1 fully saturated rings. The smallest absolute Gasteiger partial charge is 0.229 e. The molecule has 7 heteroatoms. The van der Waals surface area contributed by atoms with Crippen LogP contribution in [0.1, 0.15) is 19.8 Å². The molecule has 0 unspecified atom stereocenters. The second kappa shape index (κ2) is 8.26. The van der Waals surface area contributed by atoms with Crippen molar-refractivity contribution in [3.05, 3.63) is 60.8 Å². The predicted octanol–water partition coefficient (Wildman–Crippen LogP) is 4.80. The molecule has 4 aromatic rings. The van der Waals surface area contributed by atoms with E-state index in [4.69, 9.17) is 14.7 Å². The minimum Gasteiger partial charge on any atom is -0.497 e. The molecule has 3 heterocycles. The van der Waals surface area contributed by atoms with Gasteiger partial charge in [-0.15, -0.1) is 0 Å². The normalized spacial score (nSPS) is 16.5. The fraction of sp³-hybridized carbons (Fsp3) is 0.292. The summed E-state index contributed by atoms with van der Waals surface area (Å²) in [4.78, 5) is 12.2. The van der Waals surface area contributed by atoms with Crippen LogP contribution in [-0.2, 0) is 0 Å². The summed E-state index contributed by atoms with van der Waals surface area (Å²) in [5.74, 6) is 2.90. The summed E-state index contributed by atoms with van der Waals surface area (Å²) in [5, 5.41) is 8.98. The summed E-state index contributed by atoms with van der Waals surface area (Å²) in [6, 6.07) is 17.9. The maximum atomic E-state index is 5.38. The molecule has 1 N–H and O–H groups in total. The van der Waals surface area contributed by atoms with Gasteiger partial charge in [0.25, 0.3) is 0 Å². The van der Waals surface area contributed by atoms with Gasteiger partial charge in [0.05, 0.1) is 24.4 Å². The molecule has 2 aromatic heterocycles. The lowest BCUT2D eigenvalue weighted by Gasteiger charge is -2.31. The Balaban J connectivity index is 1.63. The third-order valence-corrected chi connectivity index (χ3v) is 5.69. The van der Waals surface area contributed by atoms with Gasteiger partial charge < -0.3 is 15.0 Å². The average molecular weight is 415 g/mol. The van der Waals surface area contributed by atoms with Crippen LogP contribution in [-0.4, -0.2) is 39.9 Å². The number of aromatic nitrogens is 4. The second-order valence-electron chi connectivity index (χ2n) is 8.05. The summed E-state index contributed by atoms with van der Waals surface area (Å²) in [6.45, 7) is 4.21. The topological polar surface area (TPSA) is 68.1 Å². The lowest BCUT2D eigenvalue weighted by molar-refractivity contribution is 0.415. The first-order chi connectivity index (χ1) is 15.2. The lowest BCUT2D eigenvalue weighted by atomic mass is 10.0. The number of methoxy groups -OCH3 is 1. The van der Waals surface area contributed by atoms with Gasteiger partial charge in [-0.1, -0.05) is 31.2 Å². The lowest BCUT2D eigenvalue weighted by Crippen LogP contribution is -2.35. The molecule has 31 heavy (non-hydrogen) atoms. The Bertz CT molecular complexity index is 1190. The van der Waals surface area contributed by atoms with Crippen molar-refractivity contribution in [2.45, 2.75) is 19.8 Å². The van der Waals surface area contributed by atoms with E-state index in [0.29, 0.717) is 5.92 Å². The Kier molecular flexibility index (Phi) is 5.16. The molecule has 1 aliphatic rings. The maximum Gasteiger partial charge on any atom is 0.229 e. The van der Waals surface area contributed by atoms with Gasteiger partial charge in [-0.2, -0.15) is 15.1 Å². The van der Waals surface area contributed by atoms with Crippen LogP contribution < -0.4 is 15.0 Å². The van der Waals surface area contributed by atoms with E-state index < -0.39 is 0 Å². The molecule has 5 rings (SSSR count). The van der Waals surface area contributed by atoms with Crippen molar-refractivity contribution in [1.82, 2.24) is 19.7 Å². The highest BCUT2D eigenvalue weighted by atomic mass is 16.5. The summed E-state index contributed by atoms with van der Waals surface area (Å²) >= 11 is 0. The minimum absolute atomic E-state index is 0.627. The summed E-state index contributed by atoms with van der Waals surface area (Å²) in [6.07, 6.45) is 4.22. The standard InChI is InChI=1S/C24H26N6O/c1-17-8-7-13-29(16-17)24-27-22(26-18-9-6-12-20(14-18)31-2)21-15-25-30(23(21)28-24)19-10-4-3-5-11-19/h3-6,9-12,14-15,17H,7-8,13,16H2,1-2H3,(H,26,27,28)/t17-/m1/s1. The van der Waals surface area contributed by atoms with Gasteiger partial charge in [-0.3, -0.25) is 0 Å². The van der Waals surface area contributed by atoms with Gasteiger partial charge in [0, 0.05) is 24.8 Å². The third-order valence-electron chi connectivity index (χ3n) is 5.69. The van der Waals surface area contributed by atoms with E-state index in [2.05, 4.69) is 22.2 Å². The van der Waals surface area contributed by atoms with Crippen molar-refractivity contribution in [3.8, 4) is 11.4 Å². The zero-order valence-electron chi connectivity index (χ0n) is 17.8. The number of hydrogen-bond acceptors (Lipinski definition) is 6. The van der Waals surface area contributed by atoms with Gasteiger partial charge in [0.15, 0.2) is 5.65 Å². The quantitative estimate of drug-likeness (QED) is 0.506. The Labute approximate surface area is 181 Å². The molecule has 2 aromatic carbocycles. The van der Waals surface area contributed by atoms with Crippen molar-refractivity contribution in [3.63, 3.8) is 0 Å². The molecule has 0 amide bonds. The van der Waals surface area contributed by atoms with Crippen molar-refractivity contribution in [2.75, 3.05) is 30.4 Å². The van der Waals surface area contributed by atoms with Crippen LogP contribution in [0.3, 0.4) is 0 Å². The van der Waals surface area contributed by atoms with Crippen LogP contribution in [0.5, 0.6) is 5.75 Å². The number of piperidine rings is 1. The summed E-state index contributed by atoms with van der Waals surface area (Å²) < 4.78 is 7.25. The monoisotopic (exact) mass is 414 g/mol. The van der Waals surface area contributed by atoms with E-state index in [9.17, 15) is 0 Å². The van der Waals surface area contributed by atoms with Gasteiger partial charge in [-0.05, 0) is 43.0 Å². The number of ether oxygens (including phenoxy) is 1. The van der Waals surface area contributed by atoms with Crippen molar-refractivity contribution < 1.29 is 4.74 Å². The highest BCUT2D eigenvalue weighted by molar-refractivity contribution is 5.90. The molecular formula is C24H26N6O. The molecule has 1 atom stereocenters. The SMILES string of the molecule is COc1cccc(Nc2nc(N3CCC[C@@H](C)C3)nc3c2cnn3-c2ccccc2)c1. The number of para-hydroxylation sites is 1. The maximum absolute atomic E-state index is 5.38. The number of hydrogen-bond donors (Lipinski definition) is 1. The van der Waals surface area contributed by atoms with Gasteiger partial charge in [-0.25, -0.2) is 4.68 Å². The van der Waals surface area contributed by atoms with Gasteiger partial charge in [0.2, 0.25) is 5.95 Å². The zero-order chi connectivity index (χ0) is 21.2. The largest absolute Gasteiger partial charge is 0.497 e. The van der Waals surface area contributed by atoms with Crippen LogP contribution in [0.25, 0.3) is 16.7 Å². The van der Waals surface area contributed by atoms with Crippen LogP contribution in [0.2, 0.25) is 0 Å². The number of benzene rings is 2. The van der Waals surface area contributed by atoms with E-state index in [1.165, 1.54) is 6.42 Å². The highest BCUT2D eigenvalue weighted by Gasteiger charge is 2.22. The average Bonchev–Trinajstić information content (AvgIpc) is 3.24. The Morgan fingerprint density at radius 2 is 1.94 bits per heavy atom. The second-order valence-corrected chi connectivity index (χ2v) is 8.05.